The van der Waals surface area contributed by atoms with Crippen molar-refractivity contribution in [1.82, 2.24) is 9.58 Å². The maximum absolute atomic E-state index is 15.0. The quantitative estimate of drug-likeness (QED) is 0.728. The zero-order valence-electron chi connectivity index (χ0n) is 16.9. The molecule has 166 valence electrons. The van der Waals surface area contributed by atoms with Crippen LogP contribution in [0.5, 0.6) is 5.75 Å². The van der Waals surface area contributed by atoms with Gasteiger partial charge in [0.15, 0.2) is 11.4 Å². The van der Waals surface area contributed by atoms with Crippen LogP contribution in [0.25, 0.3) is 0 Å². The second-order valence-corrected chi connectivity index (χ2v) is 8.07. The highest BCUT2D eigenvalue weighted by atomic mass is 19.4. The molecule has 31 heavy (non-hydrogen) atoms. The molecule has 2 aromatic rings. The summed E-state index contributed by atoms with van der Waals surface area (Å²) in [5.74, 6) is -3.07. The van der Waals surface area contributed by atoms with Crippen molar-refractivity contribution < 1.29 is 27.5 Å². The topological polar surface area (TPSA) is 65.8 Å². The third kappa shape index (κ3) is 3.43. The molecule has 1 aromatic carbocycles. The van der Waals surface area contributed by atoms with Gasteiger partial charge in [0.05, 0.1) is 6.04 Å². The van der Waals surface area contributed by atoms with Crippen molar-refractivity contribution in [2.45, 2.75) is 44.6 Å². The Bertz CT molecular complexity index is 1080. The Morgan fingerprint density at radius 2 is 1.87 bits per heavy atom. The van der Waals surface area contributed by atoms with Gasteiger partial charge < -0.3 is 10.0 Å². The van der Waals surface area contributed by atoms with E-state index < -0.39 is 53.6 Å². The van der Waals surface area contributed by atoms with E-state index in [0.717, 1.165) is 6.07 Å². The van der Waals surface area contributed by atoms with Crippen LogP contribution in [0.2, 0.25) is 0 Å². The molecule has 0 aliphatic carbocycles. The molecule has 3 unspecified atom stereocenters. The first kappa shape index (κ1) is 21.2. The monoisotopic (exact) mass is 439 g/mol. The van der Waals surface area contributed by atoms with Crippen molar-refractivity contribution in [2.75, 3.05) is 12.1 Å². The fourth-order valence-corrected chi connectivity index (χ4v) is 4.81. The third-order valence-corrected chi connectivity index (χ3v) is 6.17. The highest BCUT2D eigenvalue weighted by Crippen LogP contribution is 2.46. The van der Waals surface area contributed by atoms with Crippen LogP contribution in [0.1, 0.15) is 46.9 Å². The predicted octanol–water partition coefficient (Wildman–Crippen LogP) is 3.45. The van der Waals surface area contributed by atoms with Crippen LogP contribution in [0.15, 0.2) is 35.3 Å². The molecule has 3 atom stereocenters. The Kier molecular flexibility index (Phi) is 4.98. The summed E-state index contributed by atoms with van der Waals surface area (Å²) < 4.78 is 56.5. The summed E-state index contributed by atoms with van der Waals surface area (Å²) in [5.41, 5.74) is -0.552. The molecule has 10 heteroatoms. The van der Waals surface area contributed by atoms with Crippen molar-refractivity contribution in [3.63, 3.8) is 0 Å². The minimum Gasteiger partial charge on any atom is -0.502 e. The lowest BCUT2D eigenvalue weighted by Crippen LogP contribution is -2.64. The van der Waals surface area contributed by atoms with Crippen molar-refractivity contribution in [2.24, 2.45) is 5.92 Å². The van der Waals surface area contributed by atoms with Crippen LogP contribution in [-0.2, 0) is 0 Å². The largest absolute Gasteiger partial charge is 0.502 e. The number of hydrogen-bond donors (Lipinski definition) is 1. The van der Waals surface area contributed by atoms with Crippen LogP contribution in [-0.4, -0.2) is 40.0 Å². The number of halogens is 4. The number of fused-ring (bicyclic) bond motifs is 3. The van der Waals surface area contributed by atoms with E-state index in [4.69, 9.17) is 0 Å². The first-order valence-electron chi connectivity index (χ1n) is 9.83. The number of amides is 1. The molecular formula is C21H21F4N3O3. The second kappa shape index (κ2) is 7.28. The number of rotatable bonds is 2. The number of carbonyl (C=O) groups is 1. The van der Waals surface area contributed by atoms with E-state index in [1.165, 1.54) is 40.0 Å². The van der Waals surface area contributed by atoms with Crippen LogP contribution in [0, 0.1) is 18.7 Å². The van der Waals surface area contributed by atoms with Gasteiger partial charge in [0.25, 0.3) is 5.91 Å². The average molecular weight is 439 g/mol. The minimum atomic E-state index is -4.47. The molecule has 1 amide bonds. The number of carbonyl (C=O) groups excluding carboxylic acids is 1. The van der Waals surface area contributed by atoms with Gasteiger partial charge in [-0.3, -0.25) is 19.3 Å². The molecule has 6 nitrogen and oxygen atoms in total. The first-order chi connectivity index (χ1) is 14.5. The zero-order chi connectivity index (χ0) is 22.7. The molecule has 1 fully saturated rings. The van der Waals surface area contributed by atoms with Crippen molar-refractivity contribution >= 4 is 5.91 Å². The summed E-state index contributed by atoms with van der Waals surface area (Å²) in [6, 6.07) is 4.26. The number of nitrogens with zero attached hydrogens (tertiary/aromatic N) is 3. The molecule has 0 bridgehead atoms. The maximum atomic E-state index is 15.0. The lowest BCUT2D eigenvalue weighted by Gasteiger charge is -2.54. The van der Waals surface area contributed by atoms with Crippen molar-refractivity contribution in [3.8, 4) is 5.75 Å². The molecular weight excluding hydrogens is 418 g/mol. The number of aryl methyl sites for hydroxylation is 1. The van der Waals surface area contributed by atoms with Crippen molar-refractivity contribution in [1.29, 1.82) is 0 Å². The number of pyridine rings is 1. The van der Waals surface area contributed by atoms with Gasteiger partial charge in [-0.15, -0.1) is 0 Å². The fraction of sp³-hybridized carbons (Fsp3) is 0.429. The Hall–Kier alpha value is -3.04. The lowest BCUT2D eigenvalue weighted by molar-refractivity contribution is -0.149. The van der Waals surface area contributed by atoms with E-state index in [-0.39, 0.29) is 24.1 Å². The Balaban J connectivity index is 1.98. The van der Waals surface area contributed by atoms with Gasteiger partial charge in [0.1, 0.15) is 12.0 Å². The number of aromatic hydroxyl groups is 1. The molecule has 2 aliphatic rings. The number of alkyl halides is 3. The molecule has 4 rings (SSSR count). The van der Waals surface area contributed by atoms with Gasteiger partial charge in [-0.05, 0) is 37.3 Å². The van der Waals surface area contributed by atoms with E-state index in [1.54, 1.807) is 13.0 Å². The van der Waals surface area contributed by atoms with Gasteiger partial charge in [0.2, 0.25) is 5.43 Å². The van der Waals surface area contributed by atoms with E-state index >= 15 is 0 Å². The van der Waals surface area contributed by atoms with Crippen LogP contribution < -0.4 is 10.4 Å². The summed E-state index contributed by atoms with van der Waals surface area (Å²) in [7, 11) is 1.45. The third-order valence-electron chi connectivity index (χ3n) is 6.17. The number of aromatic nitrogens is 1. The van der Waals surface area contributed by atoms with Gasteiger partial charge >= 0.3 is 6.18 Å². The van der Waals surface area contributed by atoms with E-state index in [2.05, 4.69) is 0 Å². The van der Waals surface area contributed by atoms with Crippen molar-refractivity contribution in [3.05, 3.63) is 63.3 Å². The van der Waals surface area contributed by atoms with Crippen LogP contribution in [0.4, 0.5) is 17.6 Å². The summed E-state index contributed by atoms with van der Waals surface area (Å²) in [5, 5.41) is 11.8. The second-order valence-electron chi connectivity index (χ2n) is 8.07. The van der Waals surface area contributed by atoms with Gasteiger partial charge in [-0.2, -0.15) is 13.2 Å². The summed E-state index contributed by atoms with van der Waals surface area (Å²) in [4.78, 5) is 26.1. The molecule has 0 radical (unpaired) electrons. The predicted molar refractivity (Wildman–Crippen MR) is 104 cm³/mol. The number of hydrogen-bond acceptors (Lipinski definition) is 4. The van der Waals surface area contributed by atoms with Gasteiger partial charge in [0, 0.05) is 31.3 Å². The molecule has 2 aliphatic heterocycles. The van der Waals surface area contributed by atoms with Gasteiger partial charge in [-0.25, -0.2) is 4.39 Å². The Morgan fingerprint density at radius 1 is 1.16 bits per heavy atom. The normalized spacial score (nSPS) is 23.5. The van der Waals surface area contributed by atoms with E-state index in [9.17, 15) is 32.3 Å². The fourth-order valence-electron chi connectivity index (χ4n) is 4.81. The summed E-state index contributed by atoms with van der Waals surface area (Å²) in [6.07, 6.45) is -4.68. The minimum absolute atomic E-state index is 0.105. The first-order valence-corrected chi connectivity index (χ1v) is 9.83. The molecule has 1 saturated heterocycles. The highest BCUT2D eigenvalue weighted by Gasteiger charge is 2.49. The SMILES string of the molecule is Cc1cccc(F)c1C1C(CC(F)(F)F)CCC2N(C)C(=O)c3c(O)c(=O)ccn3N12. The summed E-state index contributed by atoms with van der Waals surface area (Å²) in [6.45, 7) is 1.62. The number of piperidine rings is 1. The standard InChI is InChI=1S/C21H21F4N3O3/c1-11-4-3-5-13(22)16(11)17-12(10-21(23,24)25)6-7-15-26(2)20(31)18-19(30)14(29)8-9-27(18)28(15)17/h3-5,8-9,12,15,17,30H,6-7,10H2,1-2H3. The molecule has 1 N–H and O–H groups in total. The average Bonchev–Trinajstić information content (AvgIpc) is 2.68. The van der Waals surface area contributed by atoms with E-state index in [1.807, 2.05) is 0 Å². The molecule has 0 spiro atoms. The zero-order valence-corrected chi connectivity index (χ0v) is 16.9. The maximum Gasteiger partial charge on any atom is 0.389 e. The Labute approximate surface area is 175 Å². The highest BCUT2D eigenvalue weighted by molar-refractivity contribution is 5.96. The van der Waals surface area contributed by atoms with Crippen LogP contribution >= 0.6 is 0 Å². The smallest absolute Gasteiger partial charge is 0.389 e. The lowest BCUT2D eigenvalue weighted by atomic mass is 9.80. The molecule has 3 heterocycles. The summed E-state index contributed by atoms with van der Waals surface area (Å²) >= 11 is 0. The Morgan fingerprint density at radius 3 is 2.52 bits per heavy atom. The molecule has 0 saturated carbocycles. The van der Waals surface area contributed by atoms with Gasteiger partial charge in [-0.1, -0.05) is 12.1 Å². The number of benzene rings is 1. The van der Waals surface area contributed by atoms with Crippen LogP contribution in [0.3, 0.4) is 0 Å². The molecule has 1 aromatic heterocycles. The van der Waals surface area contributed by atoms with E-state index in [0.29, 0.717) is 5.56 Å².